The van der Waals surface area contributed by atoms with Gasteiger partial charge in [-0.3, -0.25) is 19.3 Å². The number of benzene rings is 2. The summed E-state index contributed by atoms with van der Waals surface area (Å²) in [7, 11) is -1.35. The van der Waals surface area contributed by atoms with Crippen LogP contribution in [-0.4, -0.2) is 57.3 Å². The Hall–Kier alpha value is -3.51. The van der Waals surface area contributed by atoms with E-state index in [2.05, 4.69) is 0 Å². The van der Waals surface area contributed by atoms with Crippen LogP contribution in [0.25, 0.3) is 6.08 Å². The zero-order chi connectivity index (χ0) is 25.8. The fraction of sp³-hybridized carbons (Fsp3) is 0.261. The Bertz CT molecular complexity index is 1270. The highest BCUT2D eigenvalue weighted by molar-refractivity contribution is 8.18. The van der Waals surface area contributed by atoms with Gasteiger partial charge in [-0.1, -0.05) is 6.07 Å². The molecule has 0 aliphatic carbocycles. The lowest BCUT2D eigenvalue weighted by molar-refractivity contribution is -0.149. The summed E-state index contributed by atoms with van der Waals surface area (Å²) in [5.41, 5.74) is 0.450. The van der Waals surface area contributed by atoms with Crippen molar-refractivity contribution in [3.05, 3.63) is 52.9 Å². The summed E-state index contributed by atoms with van der Waals surface area (Å²) in [4.78, 5) is 37.5. The molecule has 0 bridgehead atoms. The van der Waals surface area contributed by atoms with Gasteiger partial charge in [0.2, 0.25) is 0 Å². The van der Waals surface area contributed by atoms with Gasteiger partial charge in [-0.2, -0.15) is 8.42 Å². The van der Waals surface area contributed by atoms with Crippen molar-refractivity contribution in [1.82, 2.24) is 4.90 Å². The van der Waals surface area contributed by atoms with Gasteiger partial charge in [0, 0.05) is 0 Å². The minimum Gasteiger partial charge on any atom is -0.497 e. The van der Waals surface area contributed by atoms with Crippen molar-refractivity contribution < 1.29 is 41.2 Å². The van der Waals surface area contributed by atoms with Crippen molar-refractivity contribution in [3.8, 4) is 17.2 Å². The predicted molar refractivity (Wildman–Crippen MR) is 128 cm³/mol. The van der Waals surface area contributed by atoms with Crippen molar-refractivity contribution in [3.63, 3.8) is 0 Å². The maximum absolute atomic E-state index is 12.6. The summed E-state index contributed by atoms with van der Waals surface area (Å²) in [6.07, 6.45) is 1.06. The molecule has 35 heavy (non-hydrogen) atoms. The van der Waals surface area contributed by atoms with Gasteiger partial charge in [0.25, 0.3) is 11.1 Å². The van der Waals surface area contributed by atoms with Crippen LogP contribution in [0.15, 0.2) is 52.3 Å². The van der Waals surface area contributed by atoms with Crippen LogP contribution >= 0.6 is 11.8 Å². The number of amides is 2. The minimum atomic E-state index is -4.15. The lowest BCUT2D eigenvalue weighted by Crippen LogP contribution is -2.35. The zero-order valence-corrected chi connectivity index (χ0v) is 21.0. The number of methoxy groups -OCH3 is 2. The first-order valence-corrected chi connectivity index (χ1v) is 12.5. The Labute approximate surface area is 206 Å². The molecule has 2 aromatic carbocycles. The lowest BCUT2D eigenvalue weighted by Gasteiger charge is -2.13. The van der Waals surface area contributed by atoms with Gasteiger partial charge in [0.15, 0.2) is 11.5 Å². The molecule has 12 heteroatoms. The standard InChI is InChI=1S/C23H23NO9S2/c1-14(2)32-21(25)13-24-22(26)20(34-23(24)27)12-15-5-10-18(19(11-15)31-4)33-35(28,29)17-8-6-16(30-3)7-9-17/h5-12,14H,13H2,1-4H3/b20-12-. The van der Waals surface area contributed by atoms with E-state index < -0.39 is 33.8 Å². The molecule has 3 rings (SSSR count). The molecular formula is C23H23NO9S2. The molecule has 186 valence electrons. The highest BCUT2D eigenvalue weighted by Gasteiger charge is 2.36. The zero-order valence-electron chi connectivity index (χ0n) is 19.3. The molecule has 0 spiro atoms. The number of carbonyl (C=O) groups excluding carboxylic acids is 3. The van der Waals surface area contributed by atoms with Gasteiger partial charge in [0.05, 0.1) is 25.2 Å². The Balaban J connectivity index is 1.79. The maximum Gasteiger partial charge on any atom is 0.339 e. The van der Waals surface area contributed by atoms with Crippen LogP contribution in [0.3, 0.4) is 0 Å². The smallest absolute Gasteiger partial charge is 0.339 e. The highest BCUT2D eigenvalue weighted by atomic mass is 32.2. The summed E-state index contributed by atoms with van der Waals surface area (Å²) in [6.45, 7) is 2.84. The fourth-order valence-corrected chi connectivity index (χ4v) is 4.75. The Kier molecular flexibility index (Phi) is 8.07. The van der Waals surface area contributed by atoms with E-state index in [0.717, 1.165) is 4.90 Å². The molecule has 0 aromatic heterocycles. The molecule has 1 fully saturated rings. The highest BCUT2D eigenvalue weighted by Crippen LogP contribution is 2.35. The first kappa shape index (κ1) is 26.1. The summed E-state index contributed by atoms with van der Waals surface area (Å²) >= 11 is 0.678. The number of hydrogen-bond donors (Lipinski definition) is 0. The molecule has 1 aliphatic rings. The van der Waals surface area contributed by atoms with Gasteiger partial charge in [-0.15, -0.1) is 0 Å². The number of hydrogen-bond acceptors (Lipinski definition) is 10. The van der Waals surface area contributed by atoms with Crippen LogP contribution in [0.4, 0.5) is 4.79 Å². The summed E-state index contributed by atoms with van der Waals surface area (Å²) in [5, 5.41) is -0.598. The van der Waals surface area contributed by atoms with E-state index in [9.17, 15) is 22.8 Å². The Morgan fingerprint density at radius 3 is 2.31 bits per heavy atom. The number of imide groups is 1. The molecule has 0 unspecified atom stereocenters. The van der Waals surface area contributed by atoms with Gasteiger partial charge >= 0.3 is 16.1 Å². The van der Waals surface area contributed by atoms with E-state index >= 15 is 0 Å². The second kappa shape index (κ2) is 10.8. The molecule has 2 aromatic rings. The van der Waals surface area contributed by atoms with Crippen molar-refractivity contribution in [2.24, 2.45) is 0 Å². The quantitative estimate of drug-likeness (QED) is 0.275. The normalized spacial score (nSPS) is 15.0. The SMILES string of the molecule is COc1ccc(S(=O)(=O)Oc2ccc(/C=C3\SC(=O)N(CC(=O)OC(C)C)C3=O)cc2OC)cc1. The van der Waals surface area contributed by atoms with Crippen LogP contribution < -0.4 is 13.7 Å². The third-order valence-corrected chi connectivity index (χ3v) is 6.72. The number of carbonyl (C=O) groups is 3. The van der Waals surface area contributed by atoms with Crippen LogP contribution in [0.5, 0.6) is 17.2 Å². The third-order valence-electron chi connectivity index (χ3n) is 4.56. The van der Waals surface area contributed by atoms with E-state index in [1.165, 1.54) is 62.8 Å². The van der Waals surface area contributed by atoms with E-state index in [0.29, 0.717) is 23.1 Å². The number of rotatable bonds is 9. The third kappa shape index (κ3) is 6.34. The Morgan fingerprint density at radius 2 is 1.71 bits per heavy atom. The van der Waals surface area contributed by atoms with Gasteiger partial charge < -0.3 is 18.4 Å². The maximum atomic E-state index is 12.6. The first-order valence-electron chi connectivity index (χ1n) is 10.3. The van der Waals surface area contributed by atoms with Crippen molar-refractivity contribution >= 4 is 45.1 Å². The molecule has 1 aliphatic heterocycles. The Morgan fingerprint density at radius 1 is 1.03 bits per heavy atom. The van der Waals surface area contributed by atoms with E-state index in [1.807, 2.05) is 0 Å². The topological polar surface area (TPSA) is 126 Å². The van der Waals surface area contributed by atoms with Gasteiger partial charge in [0.1, 0.15) is 17.2 Å². The number of esters is 1. The van der Waals surface area contributed by atoms with E-state index in [-0.39, 0.29) is 27.4 Å². The number of ether oxygens (including phenoxy) is 3. The van der Waals surface area contributed by atoms with Crippen LogP contribution in [0.2, 0.25) is 0 Å². The van der Waals surface area contributed by atoms with E-state index in [4.69, 9.17) is 18.4 Å². The number of thioether (sulfide) groups is 1. The molecule has 0 atom stereocenters. The van der Waals surface area contributed by atoms with Gasteiger partial charge in [-0.25, -0.2) is 0 Å². The van der Waals surface area contributed by atoms with Crippen LogP contribution in [-0.2, 0) is 24.4 Å². The number of nitrogens with zero attached hydrogens (tertiary/aromatic N) is 1. The first-order chi connectivity index (χ1) is 16.5. The summed E-state index contributed by atoms with van der Waals surface area (Å²) in [5.74, 6) is -0.806. The molecule has 1 saturated heterocycles. The van der Waals surface area contributed by atoms with Crippen LogP contribution in [0, 0.1) is 0 Å². The average molecular weight is 522 g/mol. The monoisotopic (exact) mass is 521 g/mol. The molecule has 10 nitrogen and oxygen atoms in total. The van der Waals surface area contributed by atoms with Gasteiger partial charge in [-0.05, 0) is 73.6 Å². The molecule has 0 radical (unpaired) electrons. The second-order valence-electron chi connectivity index (χ2n) is 7.43. The lowest BCUT2D eigenvalue weighted by atomic mass is 10.2. The largest absolute Gasteiger partial charge is 0.497 e. The summed E-state index contributed by atoms with van der Waals surface area (Å²) < 4.78 is 45.8. The molecule has 2 amide bonds. The van der Waals surface area contributed by atoms with Crippen molar-refractivity contribution in [2.75, 3.05) is 20.8 Å². The molecule has 0 saturated carbocycles. The summed E-state index contributed by atoms with van der Waals surface area (Å²) in [6, 6.07) is 10.0. The van der Waals surface area contributed by atoms with Crippen molar-refractivity contribution in [1.29, 1.82) is 0 Å². The average Bonchev–Trinajstić information content (AvgIpc) is 3.06. The molecular weight excluding hydrogens is 498 g/mol. The molecule has 0 N–H and O–H groups in total. The van der Waals surface area contributed by atoms with Crippen LogP contribution in [0.1, 0.15) is 19.4 Å². The van der Waals surface area contributed by atoms with Crippen molar-refractivity contribution in [2.45, 2.75) is 24.8 Å². The predicted octanol–water partition coefficient (Wildman–Crippen LogP) is 3.46. The fourth-order valence-electron chi connectivity index (χ4n) is 2.97. The molecule has 1 heterocycles. The minimum absolute atomic E-state index is 0.0648. The van der Waals surface area contributed by atoms with E-state index in [1.54, 1.807) is 13.8 Å². The second-order valence-corrected chi connectivity index (χ2v) is 9.97.